The number of hydrogen-bond acceptors (Lipinski definition) is 4. The Hall–Kier alpha value is -3.54. The van der Waals surface area contributed by atoms with Crippen molar-refractivity contribution in [2.75, 3.05) is 0 Å². The first-order chi connectivity index (χ1) is 15.2. The van der Waals surface area contributed by atoms with Crippen molar-refractivity contribution in [1.29, 1.82) is 0 Å². The Labute approximate surface area is 179 Å². The van der Waals surface area contributed by atoms with E-state index in [1.54, 1.807) is 18.2 Å². The van der Waals surface area contributed by atoms with Gasteiger partial charge in [-0.15, -0.1) is 0 Å². The molecule has 2 aromatic carbocycles. The van der Waals surface area contributed by atoms with Gasteiger partial charge in [0, 0.05) is 22.7 Å². The van der Waals surface area contributed by atoms with Crippen LogP contribution < -0.4 is 5.32 Å². The van der Waals surface area contributed by atoms with Crippen LogP contribution in [-0.2, 0) is 0 Å². The molecule has 0 saturated heterocycles. The second-order valence-corrected chi connectivity index (χ2v) is 7.90. The van der Waals surface area contributed by atoms with E-state index in [1.165, 1.54) is 6.07 Å². The number of aromatic nitrogens is 2. The van der Waals surface area contributed by atoms with Crippen LogP contribution in [0, 0.1) is 5.82 Å². The van der Waals surface area contributed by atoms with E-state index >= 15 is 0 Å². The van der Waals surface area contributed by atoms with E-state index in [1.807, 2.05) is 43.3 Å². The zero-order valence-corrected chi connectivity index (χ0v) is 17.1. The summed E-state index contributed by atoms with van der Waals surface area (Å²) in [5.41, 5.74) is 3.55. The van der Waals surface area contributed by atoms with Crippen molar-refractivity contribution >= 4 is 17.0 Å². The zero-order valence-electron chi connectivity index (χ0n) is 17.1. The normalized spacial score (nSPS) is 14.5. The van der Waals surface area contributed by atoms with Crippen LogP contribution >= 0.6 is 0 Å². The first kappa shape index (κ1) is 19.4. The highest BCUT2D eigenvalue weighted by molar-refractivity contribution is 6.09. The van der Waals surface area contributed by atoms with Crippen LogP contribution in [0.15, 0.2) is 65.2 Å². The molecule has 31 heavy (non-hydrogen) atoms. The second-order valence-electron chi connectivity index (χ2n) is 7.90. The summed E-state index contributed by atoms with van der Waals surface area (Å²) in [6.07, 6.45) is 2.66. The van der Waals surface area contributed by atoms with Gasteiger partial charge in [0.1, 0.15) is 11.5 Å². The van der Waals surface area contributed by atoms with Crippen molar-refractivity contribution in [2.24, 2.45) is 0 Å². The fourth-order valence-corrected chi connectivity index (χ4v) is 3.92. The van der Waals surface area contributed by atoms with Crippen molar-refractivity contribution in [3.8, 4) is 11.3 Å². The molecule has 1 N–H and O–H groups in total. The highest BCUT2D eigenvalue weighted by Gasteiger charge is 2.30. The number of carbonyl (C=O) groups excluding carboxylic acids is 1. The van der Waals surface area contributed by atoms with Crippen LogP contribution in [0.4, 0.5) is 4.39 Å². The molecule has 2 aromatic heterocycles. The Bertz CT molecular complexity index is 1250. The van der Waals surface area contributed by atoms with E-state index in [0.717, 1.165) is 24.1 Å². The predicted octanol–water partition coefficient (Wildman–Crippen LogP) is 5.79. The monoisotopic (exact) mass is 415 g/mol. The van der Waals surface area contributed by atoms with Crippen molar-refractivity contribution in [3.63, 3.8) is 0 Å². The summed E-state index contributed by atoms with van der Waals surface area (Å²) in [6.45, 7) is 1.92. The largest absolute Gasteiger partial charge is 0.345 e. The average molecular weight is 415 g/mol. The number of pyridine rings is 1. The lowest BCUT2D eigenvalue weighted by atomic mass is 10.0. The molecule has 156 valence electrons. The van der Waals surface area contributed by atoms with E-state index < -0.39 is 6.04 Å². The minimum Gasteiger partial charge on any atom is -0.345 e. The summed E-state index contributed by atoms with van der Waals surface area (Å²) in [4.78, 5) is 18.1. The first-order valence-corrected chi connectivity index (χ1v) is 10.6. The first-order valence-electron chi connectivity index (χ1n) is 10.6. The molecule has 0 aliphatic heterocycles. The van der Waals surface area contributed by atoms with E-state index in [4.69, 9.17) is 4.52 Å². The number of nitrogens with zero attached hydrogens (tertiary/aromatic N) is 2. The maximum absolute atomic E-state index is 14.4. The lowest BCUT2D eigenvalue weighted by molar-refractivity contribution is 0.0936. The van der Waals surface area contributed by atoms with Gasteiger partial charge in [-0.1, -0.05) is 60.6 Å². The van der Waals surface area contributed by atoms with Crippen LogP contribution in [0.25, 0.3) is 22.4 Å². The molecule has 1 fully saturated rings. The molecule has 0 unspecified atom stereocenters. The molecule has 0 radical (unpaired) electrons. The molecule has 1 aliphatic rings. The minimum atomic E-state index is -0.443. The van der Waals surface area contributed by atoms with Gasteiger partial charge in [-0.3, -0.25) is 4.79 Å². The van der Waals surface area contributed by atoms with Crippen LogP contribution in [0.3, 0.4) is 0 Å². The molecular weight excluding hydrogens is 393 g/mol. The molecule has 2 heterocycles. The number of hydrogen-bond donors (Lipinski definition) is 1. The maximum atomic E-state index is 14.4. The molecule has 6 heteroatoms. The molecule has 1 amide bonds. The van der Waals surface area contributed by atoms with E-state index in [2.05, 4.69) is 15.5 Å². The number of fused-ring (bicyclic) bond motifs is 1. The quantitative estimate of drug-likeness (QED) is 0.433. The SMILES string of the molecule is CC[C@@H](NC(=O)c1cc(C2CC2)nc2onc(-c3ccccc3)c12)c1ccccc1F. The number of halogens is 1. The maximum Gasteiger partial charge on any atom is 0.259 e. The molecule has 5 nitrogen and oxygen atoms in total. The summed E-state index contributed by atoms with van der Waals surface area (Å²) < 4.78 is 19.9. The molecule has 0 spiro atoms. The predicted molar refractivity (Wildman–Crippen MR) is 116 cm³/mol. The number of amides is 1. The van der Waals surface area contributed by atoms with Gasteiger partial charge in [-0.25, -0.2) is 9.37 Å². The summed E-state index contributed by atoms with van der Waals surface area (Å²) in [6, 6.07) is 17.5. The summed E-state index contributed by atoms with van der Waals surface area (Å²) >= 11 is 0. The van der Waals surface area contributed by atoms with E-state index in [-0.39, 0.29) is 11.7 Å². The van der Waals surface area contributed by atoms with Gasteiger partial charge >= 0.3 is 0 Å². The Morgan fingerprint density at radius 1 is 1.16 bits per heavy atom. The highest BCUT2D eigenvalue weighted by Crippen LogP contribution is 2.41. The van der Waals surface area contributed by atoms with Crippen molar-refractivity contribution in [1.82, 2.24) is 15.5 Å². The molecular formula is C25H22FN3O2. The highest BCUT2D eigenvalue weighted by atomic mass is 19.1. The van der Waals surface area contributed by atoms with Gasteiger partial charge in [-0.05, 0) is 31.4 Å². The van der Waals surface area contributed by atoms with Crippen molar-refractivity contribution in [3.05, 3.63) is 83.3 Å². The Morgan fingerprint density at radius 2 is 1.90 bits per heavy atom. The van der Waals surface area contributed by atoms with Crippen LogP contribution in [-0.4, -0.2) is 16.0 Å². The van der Waals surface area contributed by atoms with Gasteiger partial charge in [0.05, 0.1) is 17.0 Å². The molecule has 1 saturated carbocycles. The third-order valence-electron chi connectivity index (χ3n) is 5.75. The lowest BCUT2D eigenvalue weighted by Gasteiger charge is -2.18. The molecule has 1 atom stereocenters. The Balaban J connectivity index is 1.59. The second kappa shape index (κ2) is 7.95. The summed E-state index contributed by atoms with van der Waals surface area (Å²) in [5, 5.41) is 7.81. The lowest BCUT2D eigenvalue weighted by Crippen LogP contribution is -2.29. The fraction of sp³-hybridized carbons (Fsp3) is 0.240. The number of benzene rings is 2. The minimum absolute atomic E-state index is 0.287. The van der Waals surface area contributed by atoms with Gasteiger partial charge in [0.2, 0.25) is 0 Å². The van der Waals surface area contributed by atoms with Crippen LogP contribution in [0.2, 0.25) is 0 Å². The van der Waals surface area contributed by atoms with Gasteiger partial charge in [0.15, 0.2) is 0 Å². The topological polar surface area (TPSA) is 68.0 Å². The standard InChI is InChI=1S/C25H22FN3O2/c1-2-20(17-10-6-7-11-19(17)26)27-24(30)18-14-21(15-12-13-15)28-25-22(18)23(29-31-25)16-8-4-3-5-9-16/h3-11,14-15,20H,2,12-13H2,1H3,(H,27,30)/t20-/m1/s1. The van der Waals surface area contributed by atoms with E-state index in [9.17, 15) is 9.18 Å². The van der Waals surface area contributed by atoms with Gasteiger partial charge in [0.25, 0.3) is 11.6 Å². The van der Waals surface area contributed by atoms with Crippen LogP contribution in [0.1, 0.15) is 59.8 Å². The zero-order chi connectivity index (χ0) is 21.4. The average Bonchev–Trinajstić information content (AvgIpc) is 3.57. The third-order valence-corrected chi connectivity index (χ3v) is 5.75. The molecule has 1 aliphatic carbocycles. The van der Waals surface area contributed by atoms with Crippen LogP contribution in [0.5, 0.6) is 0 Å². The fourth-order valence-electron chi connectivity index (χ4n) is 3.92. The van der Waals surface area contributed by atoms with Gasteiger partial charge < -0.3 is 9.84 Å². The van der Waals surface area contributed by atoms with Crippen molar-refractivity contribution in [2.45, 2.75) is 38.1 Å². The molecule has 5 rings (SSSR count). The summed E-state index contributed by atoms with van der Waals surface area (Å²) in [7, 11) is 0. The number of nitrogens with one attached hydrogen (secondary N) is 1. The van der Waals surface area contributed by atoms with E-state index in [0.29, 0.717) is 40.3 Å². The Kier molecular flexibility index (Phi) is 4.98. The number of rotatable bonds is 6. The molecule has 4 aromatic rings. The summed E-state index contributed by atoms with van der Waals surface area (Å²) in [5.74, 6) is -0.275. The molecule has 0 bridgehead atoms. The Morgan fingerprint density at radius 3 is 2.61 bits per heavy atom. The van der Waals surface area contributed by atoms with Crippen molar-refractivity contribution < 1.29 is 13.7 Å². The third kappa shape index (κ3) is 3.69. The van der Waals surface area contributed by atoms with Gasteiger partial charge in [-0.2, -0.15) is 0 Å². The smallest absolute Gasteiger partial charge is 0.259 e. The number of carbonyl (C=O) groups is 1.